The number of ether oxygens (including phenoxy) is 1. The van der Waals surface area contributed by atoms with Gasteiger partial charge in [0.05, 0.1) is 11.8 Å². The molecule has 0 radical (unpaired) electrons. The molecule has 0 bridgehead atoms. The topological polar surface area (TPSA) is 75.8 Å². The van der Waals surface area contributed by atoms with E-state index in [0.29, 0.717) is 25.3 Å². The van der Waals surface area contributed by atoms with E-state index in [2.05, 4.69) is 0 Å². The lowest BCUT2D eigenvalue weighted by Gasteiger charge is -2.39. The molecule has 1 aliphatic rings. The Morgan fingerprint density at radius 1 is 1.41 bits per heavy atom. The molecule has 2 rings (SSSR count). The molecule has 1 aliphatic heterocycles. The third kappa shape index (κ3) is 3.25. The fourth-order valence-electron chi connectivity index (χ4n) is 2.72. The van der Waals surface area contributed by atoms with Gasteiger partial charge >= 0.3 is 0 Å². The van der Waals surface area contributed by atoms with E-state index in [1.807, 2.05) is 25.1 Å². The van der Waals surface area contributed by atoms with Crippen LogP contribution in [0.1, 0.15) is 51.7 Å². The molecule has 0 fully saturated rings. The molecule has 1 unspecified atom stereocenters. The molecule has 1 aromatic carbocycles. The van der Waals surface area contributed by atoms with Crippen LogP contribution < -0.4 is 15.4 Å². The number of anilines is 1. The van der Waals surface area contributed by atoms with Crippen molar-refractivity contribution in [3.05, 3.63) is 23.8 Å². The van der Waals surface area contributed by atoms with Crippen molar-refractivity contribution in [3.8, 4) is 5.75 Å². The fourth-order valence-corrected chi connectivity index (χ4v) is 2.72. The monoisotopic (exact) mass is 306 g/mol. The zero-order valence-corrected chi connectivity index (χ0v) is 13.6. The average Bonchev–Trinajstić information content (AvgIpc) is 2.49. The van der Waals surface area contributed by atoms with Gasteiger partial charge in [-0.3, -0.25) is 4.79 Å². The van der Waals surface area contributed by atoms with E-state index < -0.39 is 11.7 Å². The number of benzene rings is 1. The van der Waals surface area contributed by atoms with Crippen LogP contribution in [0.4, 0.5) is 5.69 Å². The Labute approximate surface area is 132 Å². The first-order chi connectivity index (χ1) is 10.4. The zero-order chi connectivity index (χ0) is 16.3. The number of hydrogen-bond donors (Lipinski definition) is 2. The molecule has 1 amide bonds. The highest BCUT2D eigenvalue weighted by Crippen LogP contribution is 2.39. The van der Waals surface area contributed by atoms with Crippen LogP contribution in [0.25, 0.3) is 0 Å². The van der Waals surface area contributed by atoms with E-state index in [0.717, 1.165) is 24.1 Å². The minimum Gasteiger partial charge on any atom is -0.476 e. The van der Waals surface area contributed by atoms with Crippen LogP contribution in [0.3, 0.4) is 0 Å². The van der Waals surface area contributed by atoms with Crippen molar-refractivity contribution in [2.75, 3.05) is 18.0 Å². The number of rotatable bonds is 6. The van der Waals surface area contributed by atoms with Gasteiger partial charge in [0.15, 0.2) is 5.60 Å². The number of hydrogen-bond acceptors (Lipinski definition) is 4. The summed E-state index contributed by atoms with van der Waals surface area (Å²) in [5, 5.41) is 10.2. The van der Waals surface area contributed by atoms with Crippen LogP contribution in [0, 0.1) is 0 Å². The summed E-state index contributed by atoms with van der Waals surface area (Å²) < 4.78 is 5.83. The van der Waals surface area contributed by atoms with Crippen LogP contribution in [-0.4, -0.2) is 29.7 Å². The van der Waals surface area contributed by atoms with E-state index in [9.17, 15) is 9.90 Å². The van der Waals surface area contributed by atoms with Crippen molar-refractivity contribution in [2.45, 2.75) is 51.7 Å². The second kappa shape index (κ2) is 6.67. The van der Waals surface area contributed by atoms with Gasteiger partial charge in [-0.25, -0.2) is 0 Å². The standard InChI is InChI=1S/C17H26N2O3/c1-4-10-19-13-11-12(14(20)6-5-9-18)7-8-15(13)22-17(2,3)16(19)21/h7-8,11,14,20H,4-6,9-10,18H2,1-3H3. The third-order valence-corrected chi connectivity index (χ3v) is 3.91. The molecular weight excluding hydrogens is 280 g/mol. The number of carbonyl (C=O) groups is 1. The summed E-state index contributed by atoms with van der Waals surface area (Å²) in [5.74, 6) is 0.642. The van der Waals surface area contributed by atoms with Gasteiger partial charge in [0, 0.05) is 6.54 Å². The Kier molecular flexibility index (Phi) is 5.08. The molecule has 1 heterocycles. The normalized spacial score (nSPS) is 17.9. The molecule has 0 spiro atoms. The maximum Gasteiger partial charge on any atom is 0.270 e. The van der Waals surface area contributed by atoms with Crippen LogP contribution in [0.15, 0.2) is 18.2 Å². The van der Waals surface area contributed by atoms with Crippen LogP contribution in [-0.2, 0) is 4.79 Å². The molecule has 1 atom stereocenters. The molecule has 22 heavy (non-hydrogen) atoms. The van der Waals surface area contributed by atoms with Crippen molar-refractivity contribution in [1.82, 2.24) is 0 Å². The van der Waals surface area contributed by atoms with E-state index in [1.54, 1.807) is 18.7 Å². The smallest absolute Gasteiger partial charge is 0.270 e. The maximum atomic E-state index is 12.6. The van der Waals surface area contributed by atoms with Crippen molar-refractivity contribution in [3.63, 3.8) is 0 Å². The summed E-state index contributed by atoms with van der Waals surface area (Å²) in [6.07, 6.45) is 1.67. The Hall–Kier alpha value is -1.59. The van der Waals surface area contributed by atoms with Gasteiger partial charge in [-0.15, -0.1) is 0 Å². The highest BCUT2D eigenvalue weighted by molar-refractivity contribution is 6.02. The Morgan fingerprint density at radius 3 is 2.77 bits per heavy atom. The zero-order valence-electron chi connectivity index (χ0n) is 13.6. The molecule has 3 N–H and O–H groups in total. The molecule has 1 aromatic rings. The quantitative estimate of drug-likeness (QED) is 0.846. The van der Waals surface area contributed by atoms with E-state index in [4.69, 9.17) is 10.5 Å². The number of nitrogens with two attached hydrogens (primary N) is 1. The summed E-state index contributed by atoms with van der Waals surface area (Å²) in [4.78, 5) is 14.3. The summed E-state index contributed by atoms with van der Waals surface area (Å²) in [7, 11) is 0. The second-order valence-electron chi connectivity index (χ2n) is 6.24. The van der Waals surface area contributed by atoms with Gasteiger partial charge in [-0.2, -0.15) is 0 Å². The largest absolute Gasteiger partial charge is 0.476 e. The number of amides is 1. The van der Waals surface area contributed by atoms with Gasteiger partial charge in [-0.1, -0.05) is 13.0 Å². The molecule has 0 aromatic heterocycles. The number of nitrogens with zero attached hydrogens (tertiary/aromatic N) is 1. The van der Waals surface area contributed by atoms with Crippen LogP contribution >= 0.6 is 0 Å². The first-order valence-electron chi connectivity index (χ1n) is 7.93. The minimum atomic E-state index is -0.859. The third-order valence-electron chi connectivity index (χ3n) is 3.91. The second-order valence-corrected chi connectivity index (χ2v) is 6.24. The Morgan fingerprint density at radius 2 is 2.14 bits per heavy atom. The lowest BCUT2D eigenvalue weighted by molar-refractivity contribution is -0.132. The van der Waals surface area contributed by atoms with Crippen LogP contribution in [0.2, 0.25) is 0 Å². The van der Waals surface area contributed by atoms with Gasteiger partial charge in [0.2, 0.25) is 0 Å². The molecule has 0 saturated carbocycles. The van der Waals surface area contributed by atoms with Gasteiger partial charge in [0.25, 0.3) is 5.91 Å². The van der Waals surface area contributed by atoms with E-state index in [-0.39, 0.29) is 5.91 Å². The Bertz CT molecular complexity index is 543. The van der Waals surface area contributed by atoms with E-state index in [1.165, 1.54) is 0 Å². The fraction of sp³-hybridized carbons (Fsp3) is 0.588. The molecule has 122 valence electrons. The number of aliphatic hydroxyl groups is 1. The van der Waals surface area contributed by atoms with Crippen molar-refractivity contribution in [2.24, 2.45) is 5.73 Å². The Balaban J connectivity index is 2.35. The highest BCUT2D eigenvalue weighted by Gasteiger charge is 2.40. The van der Waals surface area contributed by atoms with Gasteiger partial charge < -0.3 is 20.5 Å². The summed E-state index contributed by atoms with van der Waals surface area (Å²) in [6, 6.07) is 5.56. The molecule has 0 aliphatic carbocycles. The summed E-state index contributed by atoms with van der Waals surface area (Å²) in [6.45, 7) is 6.80. The molecule has 0 saturated heterocycles. The molecular formula is C17H26N2O3. The van der Waals surface area contributed by atoms with Crippen LogP contribution in [0.5, 0.6) is 5.75 Å². The summed E-state index contributed by atoms with van der Waals surface area (Å²) >= 11 is 0. The highest BCUT2D eigenvalue weighted by atomic mass is 16.5. The SMILES string of the molecule is CCCN1C(=O)C(C)(C)Oc2ccc(C(O)CCCN)cc21. The number of carbonyl (C=O) groups excluding carboxylic acids is 1. The van der Waals surface area contributed by atoms with Crippen molar-refractivity contribution >= 4 is 11.6 Å². The van der Waals surface area contributed by atoms with Gasteiger partial charge in [-0.05, 0) is 57.4 Å². The van der Waals surface area contributed by atoms with E-state index >= 15 is 0 Å². The first kappa shape index (κ1) is 16.8. The lowest BCUT2D eigenvalue weighted by atomic mass is 9.99. The molecule has 5 nitrogen and oxygen atoms in total. The number of fused-ring (bicyclic) bond motifs is 1. The molecule has 5 heteroatoms. The van der Waals surface area contributed by atoms with Crippen molar-refractivity contribution in [1.29, 1.82) is 0 Å². The predicted octanol–water partition coefficient (Wildman–Crippen LogP) is 2.37. The van der Waals surface area contributed by atoms with Crippen molar-refractivity contribution < 1.29 is 14.6 Å². The first-order valence-corrected chi connectivity index (χ1v) is 7.93. The summed E-state index contributed by atoms with van der Waals surface area (Å²) in [5.41, 5.74) is 6.17. The van der Waals surface area contributed by atoms with Gasteiger partial charge in [0.1, 0.15) is 5.75 Å². The predicted molar refractivity (Wildman–Crippen MR) is 87.0 cm³/mol. The maximum absolute atomic E-state index is 12.6. The lowest BCUT2D eigenvalue weighted by Crippen LogP contribution is -2.52. The average molecular weight is 306 g/mol. The number of aliphatic hydroxyl groups excluding tert-OH is 1. The minimum absolute atomic E-state index is 0.0459.